The average molecular weight is 256 g/mol. The zero-order chi connectivity index (χ0) is 12.9. The van der Waals surface area contributed by atoms with E-state index < -0.39 is 10.0 Å². The molecule has 1 atom stereocenters. The number of nitrogens with two attached hydrogens (primary N) is 1. The maximum absolute atomic E-state index is 12.1. The molecule has 0 amide bonds. The molecule has 17 heavy (non-hydrogen) atoms. The zero-order valence-electron chi connectivity index (χ0n) is 10.3. The highest BCUT2D eigenvalue weighted by Crippen LogP contribution is 2.12. The van der Waals surface area contributed by atoms with E-state index >= 15 is 0 Å². The van der Waals surface area contributed by atoms with Crippen LogP contribution in [0.5, 0.6) is 0 Å². The number of hydrogen-bond acceptors (Lipinski definition) is 3. The van der Waals surface area contributed by atoms with Gasteiger partial charge in [-0.1, -0.05) is 19.1 Å². The third kappa shape index (κ3) is 4.11. The predicted molar refractivity (Wildman–Crippen MR) is 69.3 cm³/mol. The highest BCUT2D eigenvalue weighted by atomic mass is 32.2. The normalized spacial score (nSPS) is 13.6. The molecule has 0 saturated carbocycles. The Hall–Kier alpha value is -0.910. The first-order valence-corrected chi connectivity index (χ1v) is 7.27. The quantitative estimate of drug-likeness (QED) is 0.808. The molecular weight excluding hydrogens is 236 g/mol. The lowest BCUT2D eigenvalue weighted by Gasteiger charge is -2.16. The van der Waals surface area contributed by atoms with Crippen molar-refractivity contribution in [3.05, 3.63) is 29.8 Å². The van der Waals surface area contributed by atoms with Gasteiger partial charge in [0.1, 0.15) is 0 Å². The molecule has 96 valence electrons. The largest absolute Gasteiger partial charge is 0.330 e. The zero-order valence-corrected chi connectivity index (χ0v) is 11.1. The van der Waals surface area contributed by atoms with Crippen molar-refractivity contribution in [2.24, 2.45) is 5.73 Å². The van der Waals surface area contributed by atoms with Crippen LogP contribution in [0, 0.1) is 6.92 Å². The van der Waals surface area contributed by atoms with Crippen LogP contribution in [0.25, 0.3) is 0 Å². The fraction of sp³-hybridized carbons (Fsp3) is 0.500. The fourth-order valence-corrected chi connectivity index (χ4v) is 3.08. The molecule has 5 heteroatoms. The second kappa shape index (κ2) is 6.14. The van der Waals surface area contributed by atoms with E-state index in [0.717, 1.165) is 12.0 Å². The SMILES string of the molecule is CCC(CCN)NS(=O)(=O)c1cccc(C)c1. The molecule has 0 fully saturated rings. The van der Waals surface area contributed by atoms with Gasteiger partial charge in [0, 0.05) is 6.04 Å². The van der Waals surface area contributed by atoms with Crippen LogP contribution in [0.15, 0.2) is 29.2 Å². The standard InChI is InChI=1S/C12H20N2O2S/c1-3-11(7-8-13)14-17(15,16)12-6-4-5-10(2)9-12/h4-6,9,11,14H,3,7-8,13H2,1-2H3. The highest BCUT2D eigenvalue weighted by Gasteiger charge is 2.18. The van der Waals surface area contributed by atoms with Crippen LogP contribution < -0.4 is 10.5 Å². The van der Waals surface area contributed by atoms with Crippen molar-refractivity contribution in [1.29, 1.82) is 0 Å². The minimum absolute atomic E-state index is 0.0921. The summed E-state index contributed by atoms with van der Waals surface area (Å²) in [6.07, 6.45) is 1.39. The second-order valence-corrected chi connectivity index (χ2v) is 5.83. The summed E-state index contributed by atoms with van der Waals surface area (Å²) in [5, 5.41) is 0. The van der Waals surface area contributed by atoms with Crippen molar-refractivity contribution in [3.63, 3.8) is 0 Å². The third-order valence-corrected chi connectivity index (χ3v) is 4.15. The number of rotatable bonds is 6. The van der Waals surface area contributed by atoms with Crippen molar-refractivity contribution in [2.75, 3.05) is 6.54 Å². The molecule has 0 aromatic heterocycles. The maximum atomic E-state index is 12.1. The molecule has 0 aliphatic heterocycles. The Morgan fingerprint density at radius 1 is 1.41 bits per heavy atom. The molecule has 0 aliphatic rings. The summed E-state index contributed by atoms with van der Waals surface area (Å²) in [5.74, 6) is 0. The molecule has 1 unspecified atom stereocenters. The van der Waals surface area contributed by atoms with E-state index in [-0.39, 0.29) is 6.04 Å². The summed E-state index contributed by atoms with van der Waals surface area (Å²) in [6, 6.07) is 6.79. The van der Waals surface area contributed by atoms with Crippen molar-refractivity contribution in [3.8, 4) is 0 Å². The lowest BCUT2D eigenvalue weighted by Crippen LogP contribution is -2.35. The van der Waals surface area contributed by atoms with Gasteiger partial charge in [-0.25, -0.2) is 13.1 Å². The summed E-state index contributed by atoms with van der Waals surface area (Å²) in [6.45, 7) is 4.30. The first-order chi connectivity index (χ1) is 7.99. The van der Waals surface area contributed by atoms with E-state index in [4.69, 9.17) is 5.73 Å². The lowest BCUT2D eigenvalue weighted by molar-refractivity contribution is 0.521. The maximum Gasteiger partial charge on any atom is 0.240 e. The smallest absolute Gasteiger partial charge is 0.240 e. The van der Waals surface area contributed by atoms with E-state index in [0.29, 0.717) is 17.9 Å². The highest BCUT2D eigenvalue weighted by molar-refractivity contribution is 7.89. The Bertz CT molecular complexity index is 457. The van der Waals surface area contributed by atoms with Crippen molar-refractivity contribution >= 4 is 10.0 Å². The number of hydrogen-bond donors (Lipinski definition) is 2. The van der Waals surface area contributed by atoms with E-state index in [9.17, 15) is 8.42 Å². The Balaban J connectivity index is 2.88. The van der Waals surface area contributed by atoms with Crippen molar-refractivity contribution < 1.29 is 8.42 Å². The molecular formula is C12H20N2O2S. The minimum atomic E-state index is -3.42. The van der Waals surface area contributed by atoms with Gasteiger partial charge in [-0.15, -0.1) is 0 Å². The van der Waals surface area contributed by atoms with Crippen LogP contribution in [-0.4, -0.2) is 21.0 Å². The number of nitrogens with one attached hydrogen (secondary N) is 1. The molecule has 0 bridgehead atoms. The van der Waals surface area contributed by atoms with E-state index in [1.165, 1.54) is 0 Å². The first-order valence-electron chi connectivity index (χ1n) is 5.78. The van der Waals surface area contributed by atoms with Crippen LogP contribution in [0.2, 0.25) is 0 Å². The molecule has 1 aromatic rings. The van der Waals surface area contributed by atoms with Crippen molar-refractivity contribution in [1.82, 2.24) is 4.72 Å². The van der Waals surface area contributed by atoms with E-state index in [2.05, 4.69) is 4.72 Å². The number of benzene rings is 1. The lowest BCUT2D eigenvalue weighted by atomic mass is 10.2. The van der Waals surface area contributed by atoms with Gasteiger partial charge in [-0.05, 0) is 44.0 Å². The Morgan fingerprint density at radius 3 is 2.65 bits per heavy atom. The molecule has 1 aromatic carbocycles. The molecule has 1 rings (SSSR count). The van der Waals surface area contributed by atoms with Crippen molar-refractivity contribution in [2.45, 2.75) is 37.6 Å². The van der Waals surface area contributed by atoms with Gasteiger partial charge in [0.2, 0.25) is 10.0 Å². The van der Waals surface area contributed by atoms with Gasteiger partial charge in [0.25, 0.3) is 0 Å². The van der Waals surface area contributed by atoms with Crippen LogP contribution in [0.3, 0.4) is 0 Å². The van der Waals surface area contributed by atoms with E-state index in [1.54, 1.807) is 18.2 Å². The Kier molecular flexibility index (Phi) is 5.11. The molecule has 0 aliphatic carbocycles. The fourth-order valence-electron chi connectivity index (χ4n) is 1.62. The first kappa shape index (κ1) is 14.2. The van der Waals surface area contributed by atoms with Gasteiger partial charge in [0.15, 0.2) is 0 Å². The summed E-state index contributed by atoms with van der Waals surface area (Å²) < 4.78 is 26.8. The molecule has 0 spiro atoms. The van der Waals surface area contributed by atoms with Gasteiger partial charge in [-0.3, -0.25) is 0 Å². The molecule has 3 N–H and O–H groups in total. The van der Waals surface area contributed by atoms with Crippen LogP contribution in [-0.2, 0) is 10.0 Å². The summed E-state index contributed by atoms with van der Waals surface area (Å²) >= 11 is 0. The molecule has 0 saturated heterocycles. The van der Waals surface area contributed by atoms with Crippen LogP contribution in [0.4, 0.5) is 0 Å². The second-order valence-electron chi connectivity index (χ2n) is 4.12. The molecule has 0 radical (unpaired) electrons. The van der Waals surface area contributed by atoms with Gasteiger partial charge < -0.3 is 5.73 Å². The topological polar surface area (TPSA) is 72.2 Å². The summed E-state index contributed by atoms with van der Waals surface area (Å²) in [7, 11) is -3.42. The molecule has 4 nitrogen and oxygen atoms in total. The summed E-state index contributed by atoms with van der Waals surface area (Å²) in [4.78, 5) is 0.313. The van der Waals surface area contributed by atoms with Gasteiger partial charge in [-0.2, -0.15) is 0 Å². The van der Waals surface area contributed by atoms with Crippen LogP contribution in [0.1, 0.15) is 25.3 Å². The van der Waals surface area contributed by atoms with E-state index in [1.807, 2.05) is 19.9 Å². The summed E-state index contributed by atoms with van der Waals surface area (Å²) in [5.41, 5.74) is 6.38. The Labute approximate surface area is 103 Å². The average Bonchev–Trinajstić information content (AvgIpc) is 2.28. The minimum Gasteiger partial charge on any atom is -0.330 e. The number of aryl methyl sites for hydroxylation is 1. The monoisotopic (exact) mass is 256 g/mol. The number of sulfonamides is 1. The third-order valence-electron chi connectivity index (χ3n) is 2.63. The van der Waals surface area contributed by atoms with Crippen LogP contribution >= 0.6 is 0 Å². The predicted octanol–water partition coefficient (Wildman–Crippen LogP) is 1.40. The molecule has 0 heterocycles. The Morgan fingerprint density at radius 2 is 2.12 bits per heavy atom. The van der Waals surface area contributed by atoms with Gasteiger partial charge in [0.05, 0.1) is 4.90 Å². The van der Waals surface area contributed by atoms with Gasteiger partial charge >= 0.3 is 0 Å².